The molecule has 0 heterocycles. The van der Waals surface area contributed by atoms with Crippen LogP contribution in [0.15, 0.2) is 12.1 Å². The van der Waals surface area contributed by atoms with Gasteiger partial charge in [-0.25, -0.2) is 4.79 Å². The van der Waals surface area contributed by atoms with Crippen LogP contribution in [-0.2, 0) is 20.7 Å². The third-order valence-corrected chi connectivity index (χ3v) is 3.74. The molecular weight excluding hydrogens is 310 g/mol. The Hall–Kier alpha value is -2.24. The van der Waals surface area contributed by atoms with Crippen molar-refractivity contribution in [2.45, 2.75) is 40.2 Å². The predicted octanol–water partition coefficient (Wildman–Crippen LogP) is 2.26. The highest BCUT2D eigenvalue weighted by molar-refractivity contribution is 5.87. The summed E-state index contributed by atoms with van der Waals surface area (Å²) in [6.07, 6.45) is 0.306. The summed E-state index contributed by atoms with van der Waals surface area (Å²) in [5.41, 5.74) is 1.21. The van der Waals surface area contributed by atoms with Crippen LogP contribution in [0, 0.1) is 12.3 Å². The quantitative estimate of drug-likeness (QED) is 0.806. The lowest BCUT2D eigenvalue weighted by atomic mass is 9.94. The Labute approximate surface area is 143 Å². The molecule has 6 heteroatoms. The first-order valence-electron chi connectivity index (χ1n) is 7.74. The molecule has 0 fully saturated rings. The van der Waals surface area contributed by atoms with Gasteiger partial charge in [-0.1, -0.05) is 20.8 Å². The fourth-order valence-corrected chi connectivity index (χ4v) is 2.17. The first-order chi connectivity index (χ1) is 11.1. The number of hydrogen-bond donors (Lipinski definition) is 1. The number of nitrogens with one attached hydrogen (secondary N) is 1. The Morgan fingerprint density at radius 3 is 2.08 bits per heavy atom. The number of carbonyl (C=O) groups excluding carboxylic acids is 2. The molecule has 134 valence electrons. The van der Waals surface area contributed by atoms with Gasteiger partial charge in [-0.3, -0.25) is 4.79 Å². The van der Waals surface area contributed by atoms with Crippen LogP contribution < -0.4 is 14.8 Å². The van der Waals surface area contributed by atoms with Crippen LogP contribution in [-0.4, -0.2) is 39.2 Å². The minimum absolute atomic E-state index is 0.212. The molecule has 0 aliphatic carbocycles. The van der Waals surface area contributed by atoms with Crippen molar-refractivity contribution in [3.63, 3.8) is 0 Å². The smallest absolute Gasteiger partial charge is 0.328 e. The minimum Gasteiger partial charge on any atom is -0.493 e. The van der Waals surface area contributed by atoms with E-state index >= 15 is 0 Å². The number of aryl methyl sites for hydroxylation is 1. The topological polar surface area (TPSA) is 73.9 Å². The van der Waals surface area contributed by atoms with Crippen LogP contribution in [0.3, 0.4) is 0 Å². The van der Waals surface area contributed by atoms with Crippen molar-refractivity contribution in [1.29, 1.82) is 0 Å². The number of carbonyl (C=O) groups is 2. The molecule has 1 aromatic rings. The summed E-state index contributed by atoms with van der Waals surface area (Å²) >= 11 is 0. The Morgan fingerprint density at radius 1 is 1.08 bits per heavy atom. The van der Waals surface area contributed by atoms with E-state index in [1.807, 2.05) is 19.1 Å². The molecule has 0 bridgehead atoms. The van der Waals surface area contributed by atoms with Crippen LogP contribution >= 0.6 is 0 Å². The number of benzene rings is 1. The largest absolute Gasteiger partial charge is 0.493 e. The van der Waals surface area contributed by atoms with Crippen molar-refractivity contribution in [1.82, 2.24) is 5.32 Å². The van der Waals surface area contributed by atoms with Gasteiger partial charge in [0.15, 0.2) is 11.5 Å². The second-order valence-corrected chi connectivity index (χ2v) is 6.64. The maximum atomic E-state index is 12.2. The Bertz CT molecular complexity index is 604. The Kier molecular flexibility index (Phi) is 6.63. The van der Waals surface area contributed by atoms with E-state index in [1.165, 1.54) is 7.11 Å². The third kappa shape index (κ3) is 4.88. The van der Waals surface area contributed by atoms with Crippen LogP contribution in [0.1, 0.15) is 31.9 Å². The zero-order chi connectivity index (χ0) is 18.5. The molecule has 24 heavy (non-hydrogen) atoms. The molecule has 0 aromatic heterocycles. The van der Waals surface area contributed by atoms with Crippen molar-refractivity contribution < 1.29 is 23.8 Å². The van der Waals surface area contributed by atoms with Gasteiger partial charge in [0.05, 0.1) is 21.3 Å². The molecule has 1 atom stereocenters. The van der Waals surface area contributed by atoms with Gasteiger partial charge < -0.3 is 19.5 Å². The third-order valence-electron chi connectivity index (χ3n) is 3.74. The van der Waals surface area contributed by atoms with Crippen LogP contribution in [0.4, 0.5) is 0 Å². The van der Waals surface area contributed by atoms with E-state index in [0.717, 1.165) is 11.1 Å². The van der Waals surface area contributed by atoms with Gasteiger partial charge in [0.1, 0.15) is 6.04 Å². The molecule has 0 aliphatic rings. The van der Waals surface area contributed by atoms with E-state index in [4.69, 9.17) is 14.2 Å². The summed E-state index contributed by atoms with van der Waals surface area (Å²) in [5.74, 6) is 0.494. The van der Waals surface area contributed by atoms with E-state index in [9.17, 15) is 9.59 Å². The summed E-state index contributed by atoms with van der Waals surface area (Å²) in [6.45, 7) is 7.28. The standard InChI is InChI=1S/C18H27NO5/c1-11-8-14(22-5)15(23-6)10-12(11)9-13(16(20)24-7)19-17(21)18(2,3)4/h8,10,13H,9H2,1-7H3,(H,19,21)/t13-/m0/s1. The molecule has 0 saturated heterocycles. The van der Waals surface area contributed by atoms with Crippen molar-refractivity contribution in [2.24, 2.45) is 5.41 Å². The van der Waals surface area contributed by atoms with Gasteiger partial charge in [-0.15, -0.1) is 0 Å². The highest BCUT2D eigenvalue weighted by Gasteiger charge is 2.29. The first kappa shape index (κ1) is 19.8. The summed E-state index contributed by atoms with van der Waals surface area (Å²) in [4.78, 5) is 24.3. The fraction of sp³-hybridized carbons (Fsp3) is 0.556. The summed E-state index contributed by atoms with van der Waals surface area (Å²) < 4.78 is 15.4. The molecule has 1 aromatic carbocycles. The first-order valence-corrected chi connectivity index (χ1v) is 7.74. The van der Waals surface area contributed by atoms with Crippen molar-refractivity contribution in [3.8, 4) is 11.5 Å². The molecule has 1 amide bonds. The van der Waals surface area contributed by atoms with Gasteiger partial charge in [-0.05, 0) is 30.2 Å². The molecule has 0 aliphatic heterocycles. The molecule has 0 unspecified atom stereocenters. The molecule has 0 radical (unpaired) electrons. The second-order valence-electron chi connectivity index (χ2n) is 6.64. The lowest BCUT2D eigenvalue weighted by molar-refractivity contribution is -0.146. The normalized spacial score (nSPS) is 12.3. The maximum Gasteiger partial charge on any atom is 0.328 e. The lowest BCUT2D eigenvalue weighted by Gasteiger charge is -2.23. The number of rotatable bonds is 6. The van der Waals surface area contributed by atoms with Gasteiger partial charge in [-0.2, -0.15) is 0 Å². The van der Waals surface area contributed by atoms with E-state index in [1.54, 1.807) is 35.0 Å². The SMILES string of the molecule is COC(=O)[C@H](Cc1cc(OC)c(OC)cc1C)NC(=O)C(C)(C)C. The van der Waals surface area contributed by atoms with E-state index < -0.39 is 17.4 Å². The number of ether oxygens (including phenoxy) is 3. The maximum absolute atomic E-state index is 12.2. The van der Waals surface area contributed by atoms with Crippen LogP contribution in [0.2, 0.25) is 0 Å². The van der Waals surface area contributed by atoms with E-state index in [0.29, 0.717) is 17.9 Å². The Morgan fingerprint density at radius 2 is 1.62 bits per heavy atom. The summed E-state index contributed by atoms with van der Waals surface area (Å²) in [7, 11) is 4.42. The Balaban J connectivity index is 3.11. The second kappa shape index (κ2) is 8.04. The monoisotopic (exact) mass is 337 g/mol. The minimum atomic E-state index is -0.765. The lowest BCUT2D eigenvalue weighted by Crippen LogP contribution is -2.47. The van der Waals surface area contributed by atoms with Crippen molar-refractivity contribution in [3.05, 3.63) is 23.3 Å². The highest BCUT2D eigenvalue weighted by atomic mass is 16.5. The number of amides is 1. The number of esters is 1. The number of hydrogen-bond acceptors (Lipinski definition) is 5. The van der Waals surface area contributed by atoms with Crippen LogP contribution in [0.5, 0.6) is 11.5 Å². The zero-order valence-corrected chi connectivity index (χ0v) is 15.5. The van der Waals surface area contributed by atoms with Gasteiger partial charge in [0.25, 0.3) is 0 Å². The molecule has 6 nitrogen and oxygen atoms in total. The van der Waals surface area contributed by atoms with Gasteiger partial charge in [0, 0.05) is 11.8 Å². The van der Waals surface area contributed by atoms with Gasteiger partial charge in [0.2, 0.25) is 5.91 Å². The number of methoxy groups -OCH3 is 3. The predicted molar refractivity (Wildman–Crippen MR) is 91.4 cm³/mol. The molecule has 0 spiro atoms. The molecular formula is C18H27NO5. The highest BCUT2D eigenvalue weighted by Crippen LogP contribution is 2.31. The van der Waals surface area contributed by atoms with E-state index in [2.05, 4.69) is 5.32 Å². The fourth-order valence-electron chi connectivity index (χ4n) is 2.17. The van der Waals surface area contributed by atoms with E-state index in [-0.39, 0.29) is 5.91 Å². The van der Waals surface area contributed by atoms with Gasteiger partial charge >= 0.3 is 5.97 Å². The zero-order valence-electron chi connectivity index (χ0n) is 15.5. The van der Waals surface area contributed by atoms with Crippen LogP contribution in [0.25, 0.3) is 0 Å². The summed E-state index contributed by atoms with van der Waals surface area (Å²) in [6, 6.07) is 2.89. The average Bonchev–Trinajstić information content (AvgIpc) is 2.53. The molecule has 1 rings (SSSR count). The molecule has 0 saturated carbocycles. The van der Waals surface area contributed by atoms with Crippen molar-refractivity contribution >= 4 is 11.9 Å². The molecule has 1 N–H and O–H groups in total. The average molecular weight is 337 g/mol. The summed E-state index contributed by atoms with van der Waals surface area (Å²) in [5, 5.41) is 2.76. The van der Waals surface area contributed by atoms with Crippen molar-refractivity contribution in [2.75, 3.05) is 21.3 Å².